The molecule has 7 nitrogen and oxygen atoms in total. The lowest BCUT2D eigenvalue weighted by Crippen LogP contribution is -2.40. The van der Waals surface area contributed by atoms with E-state index in [4.69, 9.17) is 0 Å². The van der Waals surface area contributed by atoms with E-state index in [-0.39, 0.29) is 11.9 Å². The van der Waals surface area contributed by atoms with Crippen molar-refractivity contribution in [2.75, 3.05) is 0 Å². The summed E-state index contributed by atoms with van der Waals surface area (Å²) in [5.41, 5.74) is 2.39. The highest BCUT2D eigenvalue weighted by molar-refractivity contribution is 5.95. The van der Waals surface area contributed by atoms with Crippen molar-refractivity contribution in [1.82, 2.24) is 29.6 Å². The van der Waals surface area contributed by atoms with Crippen molar-refractivity contribution < 1.29 is 4.79 Å². The lowest BCUT2D eigenvalue weighted by atomic mass is 10.1. The van der Waals surface area contributed by atoms with E-state index in [0.717, 1.165) is 36.3 Å². The van der Waals surface area contributed by atoms with Gasteiger partial charge in [-0.1, -0.05) is 0 Å². The molecule has 122 valence electrons. The van der Waals surface area contributed by atoms with Gasteiger partial charge in [0, 0.05) is 68.2 Å². The Bertz CT molecular complexity index is 881. The molecular weight excluding hydrogens is 304 g/mol. The van der Waals surface area contributed by atoms with Crippen LogP contribution in [0, 0.1) is 0 Å². The van der Waals surface area contributed by atoms with Crippen LogP contribution in [0.4, 0.5) is 0 Å². The monoisotopic (exact) mass is 322 g/mol. The van der Waals surface area contributed by atoms with Gasteiger partial charge in [0.2, 0.25) is 0 Å². The van der Waals surface area contributed by atoms with Crippen LogP contribution in [0.3, 0.4) is 0 Å². The molecule has 0 spiro atoms. The predicted molar refractivity (Wildman–Crippen MR) is 88.2 cm³/mol. The summed E-state index contributed by atoms with van der Waals surface area (Å²) in [4.78, 5) is 21.1. The number of carbonyl (C=O) groups is 1. The molecule has 0 radical (unpaired) electrons. The topological polar surface area (TPSA) is 77.6 Å². The maximum absolute atomic E-state index is 12.6. The third kappa shape index (κ3) is 2.80. The number of aromatic nitrogens is 5. The van der Waals surface area contributed by atoms with Crippen LogP contribution >= 0.6 is 0 Å². The summed E-state index contributed by atoms with van der Waals surface area (Å²) in [7, 11) is 1.86. The normalized spacial score (nSPS) is 16.6. The summed E-state index contributed by atoms with van der Waals surface area (Å²) in [6, 6.07) is 1.96. The molecule has 1 unspecified atom stereocenters. The van der Waals surface area contributed by atoms with Crippen LogP contribution < -0.4 is 5.32 Å². The predicted octanol–water partition coefficient (Wildman–Crippen LogP) is 1.42. The Kier molecular flexibility index (Phi) is 3.60. The molecule has 1 aliphatic rings. The maximum Gasteiger partial charge on any atom is 0.253 e. The molecule has 3 aromatic heterocycles. The van der Waals surface area contributed by atoms with Crippen molar-refractivity contribution in [2.24, 2.45) is 7.05 Å². The first-order valence-electron chi connectivity index (χ1n) is 7.94. The van der Waals surface area contributed by atoms with Gasteiger partial charge in [0.15, 0.2) is 0 Å². The van der Waals surface area contributed by atoms with Gasteiger partial charge in [-0.05, 0) is 12.5 Å². The van der Waals surface area contributed by atoms with Gasteiger partial charge in [0.25, 0.3) is 5.91 Å². The molecule has 1 N–H and O–H groups in total. The summed E-state index contributed by atoms with van der Waals surface area (Å²) in [6.07, 6.45) is 12.5. The molecule has 4 rings (SSSR count). The van der Waals surface area contributed by atoms with Crippen molar-refractivity contribution in [3.05, 3.63) is 54.6 Å². The highest BCUT2D eigenvalue weighted by atomic mass is 16.1. The molecule has 7 heteroatoms. The number of hydrogen-bond donors (Lipinski definition) is 1. The molecular formula is C17H18N6O. The van der Waals surface area contributed by atoms with E-state index >= 15 is 0 Å². The number of hydrogen-bond acceptors (Lipinski definition) is 4. The molecule has 3 aromatic rings. The second kappa shape index (κ2) is 5.92. The van der Waals surface area contributed by atoms with Crippen molar-refractivity contribution in [2.45, 2.75) is 25.4 Å². The molecule has 24 heavy (non-hydrogen) atoms. The molecule has 0 fully saturated rings. The van der Waals surface area contributed by atoms with Crippen molar-refractivity contribution >= 4 is 5.91 Å². The SMILES string of the molecule is Cn1cc(-c2cncc(C(=O)NC3CCn4ccnc4C3)c2)cn1. The van der Waals surface area contributed by atoms with Crippen LogP contribution in [0.2, 0.25) is 0 Å². The second-order valence-corrected chi connectivity index (χ2v) is 6.07. The molecule has 0 bridgehead atoms. The Morgan fingerprint density at radius 2 is 2.21 bits per heavy atom. The number of aryl methyl sites for hydroxylation is 2. The number of nitrogens with one attached hydrogen (secondary N) is 1. The molecule has 4 heterocycles. The minimum atomic E-state index is -0.0988. The smallest absolute Gasteiger partial charge is 0.253 e. The number of rotatable bonds is 3. The quantitative estimate of drug-likeness (QED) is 0.791. The minimum absolute atomic E-state index is 0.0988. The standard InChI is InChI=1S/C17H18N6O/c1-22-11-14(10-20-22)12-6-13(9-18-8-12)17(24)21-15-2-4-23-5-3-19-16(23)7-15/h3,5-6,8-11,15H,2,4,7H2,1H3,(H,21,24). The second-order valence-electron chi connectivity index (χ2n) is 6.07. The summed E-state index contributed by atoms with van der Waals surface area (Å²) in [5, 5.41) is 7.25. The Balaban J connectivity index is 1.49. The van der Waals surface area contributed by atoms with E-state index in [1.165, 1.54) is 0 Å². The highest BCUT2D eigenvalue weighted by Gasteiger charge is 2.21. The van der Waals surface area contributed by atoms with E-state index in [1.54, 1.807) is 29.5 Å². The van der Waals surface area contributed by atoms with Crippen LogP contribution in [0.5, 0.6) is 0 Å². The molecule has 0 aromatic carbocycles. The fourth-order valence-corrected chi connectivity index (χ4v) is 3.04. The van der Waals surface area contributed by atoms with Gasteiger partial charge in [-0.2, -0.15) is 5.10 Å². The number of imidazole rings is 1. The summed E-state index contributed by atoms with van der Waals surface area (Å²) in [5.74, 6) is 0.923. The number of nitrogens with zero attached hydrogens (tertiary/aromatic N) is 5. The Hall–Kier alpha value is -2.96. The Labute approximate surface area is 139 Å². The number of amides is 1. The zero-order valence-electron chi connectivity index (χ0n) is 13.4. The van der Waals surface area contributed by atoms with Crippen LogP contribution in [0.25, 0.3) is 11.1 Å². The molecule has 0 aliphatic carbocycles. The number of pyridine rings is 1. The zero-order chi connectivity index (χ0) is 16.5. The third-order valence-corrected chi connectivity index (χ3v) is 4.32. The van der Waals surface area contributed by atoms with Crippen LogP contribution in [-0.4, -0.2) is 36.3 Å². The first kappa shape index (κ1) is 14.6. The third-order valence-electron chi connectivity index (χ3n) is 4.32. The maximum atomic E-state index is 12.6. The fraction of sp³-hybridized carbons (Fsp3) is 0.294. The largest absolute Gasteiger partial charge is 0.349 e. The molecule has 1 aliphatic heterocycles. The lowest BCUT2D eigenvalue weighted by molar-refractivity contribution is 0.0930. The molecule has 1 amide bonds. The van der Waals surface area contributed by atoms with Gasteiger partial charge >= 0.3 is 0 Å². The van der Waals surface area contributed by atoms with Crippen molar-refractivity contribution in [3.63, 3.8) is 0 Å². The average molecular weight is 322 g/mol. The average Bonchev–Trinajstić information content (AvgIpc) is 3.23. The van der Waals surface area contributed by atoms with E-state index in [2.05, 4.69) is 25.0 Å². The van der Waals surface area contributed by atoms with Crippen LogP contribution in [0.1, 0.15) is 22.6 Å². The summed E-state index contributed by atoms with van der Waals surface area (Å²) >= 11 is 0. The number of carbonyl (C=O) groups excluding carboxylic acids is 1. The highest BCUT2D eigenvalue weighted by Crippen LogP contribution is 2.19. The van der Waals surface area contributed by atoms with E-state index in [0.29, 0.717) is 5.56 Å². The van der Waals surface area contributed by atoms with E-state index in [1.807, 2.05) is 25.5 Å². The first-order valence-corrected chi connectivity index (χ1v) is 7.94. The summed E-state index contributed by atoms with van der Waals surface area (Å²) in [6.45, 7) is 0.883. The fourth-order valence-electron chi connectivity index (χ4n) is 3.04. The molecule has 0 saturated heterocycles. The van der Waals surface area contributed by atoms with Crippen molar-refractivity contribution in [1.29, 1.82) is 0 Å². The van der Waals surface area contributed by atoms with Gasteiger partial charge in [-0.3, -0.25) is 14.5 Å². The van der Waals surface area contributed by atoms with Crippen molar-refractivity contribution in [3.8, 4) is 11.1 Å². The Morgan fingerprint density at radius 1 is 1.29 bits per heavy atom. The zero-order valence-corrected chi connectivity index (χ0v) is 13.4. The van der Waals surface area contributed by atoms with Crippen LogP contribution in [-0.2, 0) is 20.0 Å². The summed E-state index contributed by atoms with van der Waals surface area (Å²) < 4.78 is 3.86. The van der Waals surface area contributed by atoms with Gasteiger partial charge in [0.1, 0.15) is 5.82 Å². The van der Waals surface area contributed by atoms with Gasteiger partial charge < -0.3 is 9.88 Å². The lowest BCUT2D eigenvalue weighted by Gasteiger charge is -2.24. The molecule has 0 saturated carbocycles. The van der Waals surface area contributed by atoms with Gasteiger partial charge in [-0.25, -0.2) is 4.98 Å². The van der Waals surface area contributed by atoms with Crippen LogP contribution in [0.15, 0.2) is 43.2 Å². The molecule has 1 atom stereocenters. The van der Waals surface area contributed by atoms with E-state index < -0.39 is 0 Å². The van der Waals surface area contributed by atoms with E-state index in [9.17, 15) is 4.79 Å². The Morgan fingerprint density at radius 3 is 3.04 bits per heavy atom. The van der Waals surface area contributed by atoms with Gasteiger partial charge in [-0.15, -0.1) is 0 Å². The minimum Gasteiger partial charge on any atom is -0.349 e. The first-order chi connectivity index (χ1) is 11.7. The van der Waals surface area contributed by atoms with Gasteiger partial charge in [0.05, 0.1) is 11.8 Å². The number of fused-ring (bicyclic) bond motifs is 1.